The van der Waals surface area contributed by atoms with E-state index in [0.717, 1.165) is 55.4 Å². The van der Waals surface area contributed by atoms with Crippen molar-refractivity contribution in [2.45, 2.75) is 51.1 Å². The van der Waals surface area contributed by atoms with Gasteiger partial charge in [0.05, 0.1) is 28.4 Å². The molecule has 0 bridgehead atoms. The zero-order valence-electron chi connectivity index (χ0n) is 25.7. The van der Waals surface area contributed by atoms with Gasteiger partial charge in [0.2, 0.25) is 11.9 Å². The van der Waals surface area contributed by atoms with Crippen molar-refractivity contribution in [1.29, 1.82) is 0 Å². The molecule has 1 aromatic carbocycles. The molecule has 0 radical (unpaired) electrons. The van der Waals surface area contributed by atoms with Gasteiger partial charge in [-0.2, -0.15) is 13.8 Å². The highest BCUT2D eigenvalue weighted by atomic mass is 19.3. The highest BCUT2D eigenvalue weighted by Crippen LogP contribution is 2.50. The Balaban J connectivity index is 1.50. The minimum absolute atomic E-state index is 0.0247. The normalized spacial score (nSPS) is 15.4. The van der Waals surface area contributed by atoms with Crippen LogP contribution in [0.1, 0.15) is 43.5 Å². The number of carbonyl (C=O) groups excluding carboxylic acids is 1. The second-order valence-corrected chi connectivity index (χ2v) is 11.8. The minimum Gasteiger partial charge on any atom is -0.433 e. The summed E-state index contributed by atoms with van der Waals surface area (Å²) in [6.45, 7) is 4.52. The van der Waals surface area contributed by atoms with Crippen LogP contribution >= 0.6 is 0 Å². The van der Waals surface area contributed by atoms with Crippen LogP contribution in [0.2, 0.25) is 0 Å². The largest absolute Gasteiger partial charge is 0.433 e. The number of anilines is 6. The monoisotopic (exact) mass is 606 g/mol. The minimum atomic E-state index is -3.07. The van der Waals surface area contributed by atoms with Gasteiger partial charge in [-0.25, -0.2) is 4.98 Å². The lowest BCUT2D eigenvalue weighted by atomic mass is 9.73. The van der Waals surface area contributed by atoms with Crippen molar-refractivity contribution in [2.75, 3.05) is 61.2 Å². The first-order valence-corrected chi connectivity index (χ1v) is 14.9. The van der Waals surface area contributed by atoms with Crippen molar-refractivity contribution in [1.82, 2.24) is 19.9 Å². The molecular formula is C32H40F2N8O2. The maximum absolute atomic E-state index is 13.6. The number of nitrogens with one attached hydrogen (secondary N) is 2. The van der Waals surface area contributed by atoms with Crippen LogP contribution in [0.25, 0.3) is 0 Å². The van der Waals surface area contributed by atoms with Gasteiger partial charge in [0.25, 0.3) is 0 Å². The zero-order valence-corrected chi connectivity index (χ0v) is 25.7. The number of aromatic nitrogens is 3. The molecule has 1 fully saturated rings. The highest BCUT2D eigenvalue weighted by molar-refractivity contribution is 6.02. The summed E-state index contributed by atoms with van der Waals surface area (Å²) in [5, 5.41) is 5.86. The zero-order chi connectivity index (χ0) is 31.4. The molecule has 2 aromatic heterocycles. The maximum atomic E-state index is 13.6. The Kier molecular flexibility index (Phi) is 9.28. The Hall–Kier alpha value is -4.32. The third kappa shape index (κ3) is 6.75. The van der Waals surface area contributed by atoms with Crippen LogP contribution in [-0.2, 0) is 10.2 Å². The maximum Gasteiger partial charge on any atom is 0.387 e. The molecule has 3 heterocycles. The highest BCUT2D eigenvalue weighted by Gasteiger charge is 2.45. The number of likely N-dealkylation sites (N-methyl/N-ethyl adjacent to an activating group) is 2. The summed E-state index contributed by atoms with van der Waals surface area (Å²) < 4.78 is 32.2. The van der Waals surface area contributed by atoms with E-state index in [4.69, 9.17) is 14.7 Å². The molecule has 2 N–H and O–H groups in total. The van der Waals surface area contributed by atoms with Gasteiger partial charge in [0, 0.05) is 50.1 Å². The molecule has 12 heteroatoms. The fraction of sp³-hybridized carbons (Fsp3) is 0.438. The van der Waals surface area contributed by atoms with Gasteiger partial charge in [0.15, 0.2) is 5.75 Å². The number of halogens is 2. The Morgan fingerprint density at radius 1 is 1.11 bits per heavy atom. The van der Waals surface area contributed by atoms with Gasteiger partial charge >= 0.3 is 6.61 Å². The number of aryl methyl sites for hydroxylation is 1. The van der Waals surface area contributed by atoms with E-state index in [1.54, 1.807) is 12.3 Å². The number of alkyl halides is 2. The first kappa shape index (κ1) is 31.1. The Labute approximate surface area is 257 Å². The number of nitrogens with zero attached hydrogens (tertiary/aromatic N) is 6. The third-order valence-electron chi connectivity index (χ3n) is 8.29. The number of hydrogen-bond donors (Lipinski definition) is 2. The molecule has 2 aliphatic rings. The van der Waals surface area contributed by atoms with Crippen LogP contribution in [0.3, 0.4) is 0 Å². The summed E-state index contributed by atoms with van der Waals surface area (Å²) in [5.41, 5.74) is 4.19. The molecule has 5 rings (SSSR count). The number of rotatable bonds is 11. The summed E-state index contributed by atoms with van der Waals surface area (Å²) in [7, 11) is 5.69. The molecule has 1 saturated carbocycles. The number of fused-ring (bicyclic) bond motifs is 2. The van der Waals surface area contributed by atoms with Crippen molar-refractivity contribution in [3.8, 4) is 5.75 Å². The van der Waals surface area contributed by atoms with E-state index >= 15 is 0 Å². The Bertz CT molecular complexity index is 1510. The smallest absolute Gasteiger partial charge is 0.387 e. The van der Waals surface area contributed by atoms with Crippen LogP contribution in [0.5, 0.6) is 5.75 Å². The van der Waals surface area contributed by atoms with E-state index in [-0.39, 0.29) is 22.8 Å². The number of pyridine rings is 1. The van der Waals surface area contributed by atoms with Crippen molar-refractivity contribution < 1.29 is 18.3 Å². The second-order valence-electron chi connectivity index (χ2n) is 11.8. The predicted molar refractivity (Wildman–Crippen MR) is 170 cm³/mol. The Morgan fingerprint density at radius 3 is 2.59 bits per heavy atom. The molecule has 1 spiro atoms. The van der Waals surface area contributed by atoms with E-state index in [0.29, 0.717) is 30.3 Å². The molecule has 10 nitrogen and oxygen atoms in total. The molecule has 1 aliphatic carbocycles. The van der Waals surface area contributed by atoms with E-state index in [2.05, 4.69) is 33.2 Å². The number of benzene rings is 1. The summed E-state index contributed by atoms with van der Waals surface area (Å²) in [6, 6.07) is 8.98. The van der Waals surface area contributed by atoms with Gasteiger partial charge in [0.1, 0.15) is 5.82 Å². The lowest BCUT2D eigenvalue weighted by Crippen LogP contribution is -2.34. The van der Waals surface area contributed by atoms with Gasteiger partial charge < -0.3 is 30.1 Å². The van der Waals surface area contributed by atoms with Gasteiger partial charge in [-0.3, -0.25) is 9.78 Å². The van der Waals surface area contributed by atoms with Crippen LogP contribution in [0, 0.1) is 6.92 Å². The second kappa shape index (κ2) is 13.1. The summed E-state index contributed by atoms with van der Waals surface area (Å²) in [5.74, 6) is 0.327. The van der Waals surface area contributed by atoms with Gasteiger partial charge in [-0.05, 0) is 64.2 Å². The topological polar surface area (TPSA) is 98.8 Å². The average Bonchev–Trinajstić information content (AvgIpc) is 3.29. The fourth-order valence-electron chi connectivity index (χ4n) is 6.06. The lowest BCUT2D eigenvalue weighted by molar-refractivity contribution is -0.111. The van der Waals surface area contributed by atoms with Crippen molar-refractivity contribution in [2.24, 2.45) is 0 Å². The average molecular weight is 607 g/mol. The van der Waals surface area contributed by atoms with Crippen LogP contribution in [0.15, 0.2) is 49.2 Å². The summed E-state index contributed by atoms with van der Waals surface area (Å²) >= 11 is 0. The quantitative estimate of drug-likeness (QED) is 0.255. The lowest BCUT2D eigenvalue weighted by Gasteiger charge is -2.33. The molecular weight excluding hydrogens is 566 g/mol. The molecule has 0 atom stereocenters. The number of ether oxygens (including phenoxy) is 1. The van der Waals surface area contributed by atoms with Gasteiger partial charge in [-0.15, -0.1) is 0 Å². The SMILES string of the molecule is C=CC(=O)Nc1cc(Nc2nccc(N3CC4(CCCCC4)c4nc(C)ccc43)n2)c(OC(F)F)cc1N(C)CCN(C)C. The first-order chi connectivity index (χ1) is 21.1. The summed E-state index contributed by atoms with van der Waals surface area (Å²) in [6.07, 6.45) is 8.49. The first-order valence-electron chi connectivity index (χ1n) is 14.9. The fourth-order valence-corrected chi connectivity index (χ4v) is 6.06. The number of carbonyl (C=O) groups is 1. The van der Waals surface area contributed by atoms with Gasteiger partial charge in [-0.1, -0.05) is 25.8 Å². The number of amides is 1. The van der Waals surface area contributed by atoms with Crippen molar-refractivity contribution >= 4 is 40.4 Å². The van der Waals surface area contributed by atoms with E-state index in [1.165, 1.54) is 12.5 Å². The molecule has 1 aliphatic heterocycles. The molecule has 3 aromatic rings. The molecule has 234 valence electrons. The number of hydrogen-bond acceptors (Lipinski definition) is 9. The third-order valence-corrected chi connectivity index (χ3v) is 8.29. The Morgan fingerprint density at radius 2 is 1.89 bits per heavy atom. The van der Waals surface area contributed by atoms with Crippen molar-refractivity contribution in [3.63, 3.8) is 0 Å². The van der Waals surface area contributed by atoms with Crippen LogP contribution < -0.4 is 25.2 Å². The van der Waals surface area contributed by atoms with E-state index in [1.807, 2.05) is 50.0 Å². The predicted octanol–water partition coefficient (Wildman–Crippen LogP) is 6.00. The van der Waals surface area contributed by atoms with Crippen LogP contribution in [-0.4, -0.2) is 73.1 Å². The molecule has 1 amide bonds. The summed E-state index contributed by atoms with van der Waals surface area (Å²) in [4.78, 5) is 32.5. The molecule has 0 unspecified atom stereocenters. The molecule has 44 heavy (non-hydrogen) atoms. The van der Waals surface area contributed by atoms with E-state index < -0.39 is 12.5 Å². The van der Waals surface area contributed by atoms with E-state index in [9.17, 15) is 13.6 Å². The van der Waals surface area contributed by atoms with Crippen molar-refractivity contribution in [3.05, 3.63) is 60.6 Å². The van der Waals surface area contributed by atoms with Crippen LogP contribution in [0.4, 0.5) is 43.3 Å². The standard InChI is InChI=1S/C32H40F2N8O2/c1-6-28(43)37-22-18-23(26(44-30(33)34)19-25(22)41(5)17-16-40(3)4)38-31-35-15-12-27(39-31)42-20-32(13-8-7-9-14-32)29-24(42)11-10-21(2)36-29/h6,10-12,15,18-19,30H,1,7-9,13-14,16-17,20H2,2-5H3,(H,37,43)(H,35,38,39). The molecule has 0 saturated heterocycles.